The number of rotatable bonds is 4. The average molecular weight is 437 g/mol. The van der Waals surface area contributed by atoms with Gasteiger partial charge in [-0.15, -0.1) is 11.3 Å². The van der Waals surface area contributed by atoms with E-state index in [1.165, 1.54) is 23.5 Å². The molecule has 3 heterocycles. The normalized spacial score (nSPS) is 14.7. The largest absolute Gasteiger partial charge is 0.438 e. The van der Waals surface area contributed by atoms with Crippen LogP contribution in [0.25, 0.3) is 21.2 Å². The molecule has 5 rings (SSSR count). The molecule has 4 aromatic rings. The summed E-state index contributed by atoms with van der Waals surface area (Å²) < 4.78 is 22.2. The minimum absolute atomic E-state index is 0.0635. The Bertz CT molecular complexity index is 1380. The molecule has 0 spiro atoms. The summed E-state index contributed by atoms with van der Waals surface area (Å²) in [7, 11) is 1.71. The van der Waals surface area contributed by atoms with Crippen LogP contribution in [0.4, 0.5) is 4.39 Å². The van der Waals surface area contributed by atoms with Gasteiger partial charge in [-0.1, -0.05) is 0 Å². The van der Waals surface area contributed by atoms with E-state index in [-0.39, 0.29) is 11.4 Å². The Morgan fingerprint density at radius 1 is 1.19 bits per heavy atom. The molecule has 3 aromatic heterocycles. The minimum Gasteiger partial charge on any atom is -0.438 e. The van der Waals surface area contributed by atoms with Gasteiger partial charge in [-0.2, -0.15) is 0 Å². The highest BCUT2D eigenvalue weighted by molar-refractivity contribution is 7.17. The van der Waals surface area contributed by atoms with Crippen molar-refractivity contribution >= 4 is 21.4 Å². The van der Waals surface area contributed by atoms with E-state index in [1.807, 2.05) is 17.5 Å². The zero-order valence-corrected chi connectivity index (χ0v) is 18.2. The van der Waals surface area contributed by atoms with Crippen molar-refractivity contribution in [3.8, 4) is 22.8 Å². The third kappa shape index (κ3) is 3.34. The fraction of sp³-hybridized carbons (Fsp3) is 0.250. The van der Waals surface area contributed by atoms with Gasteiger partial charge in [0.05, 0.1) is 5.60 Å². The number of hydrogen-bond donors (Lipinski definition) is 1. The van der Waals surface area contributed by atoms with E-state index in [0.717, 1.165) is 16.5 Å². The number of hydrogen-bond acceptors (Lipinski definition) is 5. The van der Waals surface area contributed by atoms with Crippen LogP contribution in [0.3, 0.4) is 0 Å². The first kappa shape index (κ1) is 19.9. The lowest BCUT2D eigenvalue weighted by Crippen LogP contribution is -2.15. The number of pyridine rings is 2. The Morgan fingerprint density at radius 2 is 1.90 bits per heavy atom. The summed E-state index contributed by atoms with van der Waals surface area (Å²) in [6, 6.07) is 6.65. The molecule has 1 saturated carbocycles. The highest BCUT2D eigenvalue weighted by Crippen LogP contribution is 2.47. The maximum atomic E-state index is 13.8. The Kier molecular flexibility index (Phi) is 4.50. The Balaban J connectivity index is 1.74. The topological polar surface area (TPSA) is 64.3 Å². The lowest BCUT2D eigenvalue weighted by Gasteiger charge is -2.17. The smallest absolute Gasteiger partial charge is 0.268 e. The van der Waals surface area contributed by atoms with Crippen LogP contribution in [0.1, 0.15) is 29.5 Å². The van der Waals surface area contributed by atoms with Gasteiger partial charge in [0.2, 0.25) is 5.88 Å². The molecule has 1 N–H and O–H groups in total. The third-order valence-corrected chi connectivity index (χ3v) is 6.72. The van der Waals surface area contributed by atoms with Crippen molar-refractivity contribution in [3.63, 3.8) is 0 Å². The van der Waals surface area contributed by atoms with Crippen molar-refractivity contribution < 1.29 is 14.2 Å². The van der Waals surface area contributed by atoms with Crippen molar-refractivity contribution in [2.24, 2.45) is 7.05 Å². The van der Waals surface area contributed by atoms with Crippen LogP contribution in [0.5, 0.6) is 11.6 Å². The summed E-state index contributed by atoms with van der Waals surface area (Å²) in [5.74, 6) is 0.566. The Hall–Kier alpha value is -3.03. The summed E-state index contributed by atoms with van der Waals surface area (Å²) >= 11 is 1.39. The molecule has 1 aliphatic rings. The number of halogens is 1. The van der Waals surface area contributed by atoms with Gasteiger partial charge in [0.1, 0.15) is 16.3 Å². The highest BCUT2D eigenvalue weighted by Gasteiger charge is 2.43. The van der Waals surface area contributed by atoms with Gasteiger partial charge < -0.3 is 14.4 Å². The van der Waals surface area contributed by atoms with Crippen LogP contribution in [-0.4, -0.2) is 14.7 Å². The quantitative estimate of drug-likeness (QED) is 0.478. The molecular weight excluding hydrogens is 415 g/mol. The molecule has 0 radical (unpaired) electrons. The van der Waals surface area contributed by atoms with E-state index in [2.05, 4.69) is 4.98 Å². The van der Waals surface area contributed by atoms with E-state index in [1.54, 1.807) is 37.9 Å². The first-order valence-corrected chi connectivity index (χ1v) is 10.9. The summed E-state index contributed by atoms with van der Waals surface area (Å²) in [5, 5.41) is 13.4. The predicted octanol–water partition coefficient (Wildman–Crippen LogP) is 5.19. The first-order chi connectivity index (χ1) is 14.8. The van der Waals surface area contributed by atoms with Crippen molar-refractivity contribution in [1.29, 1.82) is 0 Å². The zero-order valence-electron chi connectivity index (χ0n) is 17.4. The SMILES string of the molecule is Cc1cc(F)cc(C)c1Oc1ncc(C2(O)CC2)cc1-c1cn(C)c(=O)c2sccc12. The van der Waals surface area contributed by atoms with E-state index in [9.17, 15) is 14.3 Å². The second kappa shape index (κ2) is 7.00. The van der Waals surface area contributed by atoms with Gasteiger partial charge in [-0.25, -0.2) is 9.37 Å². The summed E-state index contributed by atoms with van der Waals surface area (Å²) in [6.45, 7) is 3.57. The second-order valence-electron chi connectivity index (χ2n) is 8.20. The van der Waals surface area contributed by atoms with Crippen LogP contribution in [0.15, 0.2) is 46.8 Å². The molecule has 7 heteroatoms. The number of fused-ring (bicyclic) bond motifs is 1. The lowest BCUT2D eigenvalue weighted by atomic mass is 10.0. The summed E-state index contributed by atoms with van der Waals surface area (Å²) in [4.78, 5) is 17.1. The van der Waals surface area contributed by atoms with Gasteiger partial charge in [0.15, 0.2) is 0 Å². The van der Waals surface area contributed by atoms with Gasteiger partial charge in [-0.05, 0) is 67.5 Å². The molecule has 0 unspecified atom stereocenters. The van der Waals surface area contributed by atoms with Gasteiger partial charge >= 0.3 is 0 Å². The molecule has 0 atom stereocenters. The second-order valence-corrected chi connectivity index (χ2v) is 9.12. The molecule has 158 valence electrons. The number of nitrogens with zero attached hydrogens (tertiary/aromatic N) is 2. The zero-order chi connectivity index (χ0) is 21.9. The molecule has 0 bridgehead atoms. The molecule has 31 heavy (non-hydrogen) atoms. The van der Waals surface area contributed by atoms with Crippen LogP contribution >= 0.6 is 11.3 Å². The fourth-order valence-corrected chi connectivity index (χ4v) is 4.82. The molecule has 1 aliphatic carbocycles. The first-order valence-electron chi connectivity index (χ1n) is 10.0. The molecule has 1 fully saturated rings. The number of benzene rings is 1. The molecular formula is C24H21FN2O3S. The van der Waals surface area contributed by atoms with Crippen LogP contribution in [0.2, 0.25) is 0 Å². The minimum atomic E-state index is -0.865. The predicted molar refractivity (Wildman–Crippen MR) is 119 cm³/mol. The van der Waals surface area contributed by atoms with Crippen molar-refractivity contribution in [1.82, 2.24) is 9.55 Å². The van der Waals surface area contributed by atoms with Gasteiger partial charge in [0, 0.05) is 41.5 Å². The summed E-state index contributed by atoms with van der Waals surface area (Å²) in [6.07, 6.45) is 4.77. The Labute approximate surface area is 182 Å². The molecule has 0 amide bonds. The third-order valence-electron chi connectivity index (χ3n) is 5.82. The van der Waals surface area contributed by atoms with Crippen molar-refractivity contribution in [2.45, 2.75) is 32.3 Å². The number of thiophene rings is 1. The standard InChI is InChI=1S/C24H21FN2O3S/c1-13-8-16(25)9-14(2)20(13)30-22-18(10-15(11-26-22)24(29)5-6-24)19-12-27(3)23(28)21-17(19)4-7-31-21/h4,7-12,29H,5-6H2,1-3H3. The fourth-order valence-electron chi connectivity index (χ4n) is 3.93. The molecule has 0 aliphatic heterocycles. The van der Waals surface area contributed by atoms with Gasteiger partial charge in [-0.3, -0.25) is 4.79 Å². The maximum Gasteiger partial charge on any atom is 0.268 e. The van der Waals surface area contributed by atoms with E-state index < -0.39 is 5.60 Å². The van der Waals surface area contributed by atoms with Crippen molar-refractivity contribution in [2.75, 3.05) is 0 Å². The van der Waals surface area contributed by atoms with Crippen LogP contribution < -0.4 is 10.3 Å². The lowest BCUT2D eigenvalue weighted by molar-refractivity contribution is 0.151. The maximum absolute atomic E-state index is 13.8. The van der Waals surface area contributed by atoms with Crippen molar-refractivity contribution in [3.05, 3.63) is 74.9 Å². The number of aromatic nitrogens is 2. The molecule has 1 aromatic carbocycles. The molecule has 0 saturated heterocycles. The molecule has 5 nitrogen and oxygen atoms in total. The monoisotopic (exact) mass is 436 g/mol. The van der Waals surface area contributed by atoms with Gasteiger partial charge in [0.25, 0.3) is 5.56 Å². The van der Waals surface area contributed by atoms with E-state index in [4.69, 9.17) is 4.74 Å². The average Bonchev–Trinajstić information content (AvgIpc) is 3.28. The van der Waals surface area contributed by atoms with Crippen LogP contribution in [-0.2, 0) is 12.6 Å². The van der Waals surface area contributed by atoms with E-state index >= 15 is 0 Å². The van der Waals surface area contributed by atoms with Crippen LogP contribution in [0, 0.1) is 19.7 Å². The van der Waals surface area contributed by atoms with E-state index in [0.29, 0.717) is 45.9 Å². The highest BCUT2D eigenvalue weighted by atomic mass is 32.1. The number of ether oxygens (including phenoxy) is 1. The number of aryl methyl sites for hydroxylation is 3. The Morgan fingerprint density at radius 3 is 2.58 bits per heavy atom. The number of aliphatic hydroxyl groups is 1. The summed E-state index contributed by atoms with van der Waals surface area (Å²) in [5.41, 5.74) is 2.60.